The Morgan fingerprint density at radius 3 is 2.36 bits per heavy atom. The number of hydrogen-bond donors (Lipinski definition) is 1. The molecule has 2 amide bonds. The molecule has 14 heavy (non-hydrogen) atoms. The zero-order valence-electron chi connectivity index (χ0n) is 8.95. The summed E-state index contributed by atoms with van der Waals surface area (Å²) in [7, 11) is 0. The van der Waals surface area contributed by atoms with Gasteiger partial charge in [-0.1, -0.05) is 0 Å². The minimum absolute atomic E-state index is 0.00120. The highest BCUT2D eigenvalue weighted by atomic mass is 16.5. The Bertz CT molecular complexity index is 204. The second-order valence-electron chi connectivity index (χ2n) is 3.23. The lowest BCUT2D eigenvalue weighted by atomic mass is 10.4. The van der Waals surface area contributed by atoms with Crippen molar-refractivity contribution in [3.8, 4) is 0 Å². The van der Waals surface area contributed by atoms with Crippen LogP contribution in [-0.2, 0) is 14.3 Å². The quantitative estimate of drug-likeness (QED) is 0.645. The van der Waals surface area contributed by atoms with Gasteiger partial charge in [-0.3, -0.25) is 9.59 Å². The van der Waals surface area contributed by atoms with Crippen LogP contribution in [0.4, 0.5) is 0 Å². The van der Waals surface area contributed by atoms with Gasteiger partial charge in [0.2, 0.25) is 11.8 Å². The van der Waals surface area contributed by atoms with E-state index in [-0.39, 0.29) is 25.2 Å². The van der Waals surface area contributed by atoms with E-state index in [0.29, 0.717) is 6.54 Å². The van der Waals surface area contributed by atoms with Crippen LogP contribution in [-0.4, -0.2) is 42.5 Å². The first-order valence-corrected chi connectivity index (χ1v) is 4.65. The lowest BCUT2D eigenvalue weighted by Crippen LogP contribution is -2.40. The van der Waals surface area contributed by atoms with Crippen molar-refractivity contribution >= 4 is 11.8 Å². The highest BCUT2D eigenvalue weighted by molar-refractivity contribution is 5.84. The topological polar surface area (TPSA) is 72.6 Å². The lowest BCUT2D eigenvalue weighted by Gasteiger charge is -2.19. The standard InChI is InChI=1S/C9H18N2O3/c1-4-11(5-8(10)12)9(13)6-14-7(2)3/h7H,4-6H2,1-3H3,(H2,10,12). The average molecular weight is 202 g/mol. The second kappa shape index (κ2) is 6.37. The molecule has 0 aromatic carbocycles. The van der Waals surface area contributed by atoms with Gasteiger partial charge in [0.05, 0.1) is 12.6 Å². The summed E-state index contributed by atoms with van der Waals surface area (Å²) in [5.74, 6) is -0.718. The van der Waals surface area contributed by atoms with Crippen molar-refractivity contribution < 1.29 is 14.3 Å². The Morgan fingerprint density at radius 1 is 1.43 bits per heavy atom. The van der Waals surface area contributed by atoms with Crippen LogP contribution in [0.15, 0.2) is 0 Å². The maximum atomic E-state index is 11.4. The zero-order valence-corrected chi connectivity index (χ0v) is 8.95. The van der Waals surface area contributed by atoms with E-state index in [4.69, 9.17) is 10.5 Å². The Hall–Kier alpha value is -1.10. The normalized spacial score (nSPS) is 10.3. The van der Waals surface area contributed by atoms with Crippen LogP contribution in [0.3, 0.4) is 0 Å². The van der Waals surface area contributed by atoms with E-state index >= 15 is 0 Å². The third-order valence-electron chi connectivity index (χ3n) is 1.62. The number of carbonyl (C=O) groups is 2. The number of carbonyl (C=O) groups excluding carboxylic acids is 2. The first kappa shape index (κ1) is 12.9. The van der Waals surface area contributed by atoms with Crippen LogP contribution in [0.2, 0.25) is 0 Å². The van der Waals surface area contributed by atoms with Crippen LogP contribution < -0.4 is 5.73 Å². The highest BCUT2D eigenvalue weighted by Gasteiger charge is 2.14. The number of likely N-dealkylation sites (N-methyl/N-ethyl adjacent to an activating group) is 1. The van der Waals surface area contributed by atoms with E-state index in [0.717, 1.165) is 0 Å². The van der Waals surface area contributed by atoms with Gasteiger partial charge in [0.15, 0.2) is 0 Å². The summed E-state index contributed by atoms with van der Waals surface area (Å²) < 4.78 is 5.12. The van der Waals surface area contributed by atoms with Crippen LogP contribution >= 0.6 is 0 Å². The van der Waals surface area contributed by atoms with Crippen molar-refractivity contribution in [3.63, 3.8) is 0 Å². The molecule has 5 nitrogen and oxygen atoms in total. The molecule has 0 aromatic rings. The average Bonchev–Trinajstić information content (AvgIpc) is 2.09. The van der Waals surface area contributed by atoms with Gasteiger partial charge in [-0.05, 0) is 20.8 Å². The molecule has 2 N–H and O–H groups in total. The van der Waals surface area contributed by atoms with Crippen molar-refractivity contribution in [3.05, 3.63) is 0 Å². The van der Waals surface area contributed by atoms with E-state index in [2.05, 4.69) is 0 Å². The van der Waals surface area contributed by atoms with E-state index in [1.165, 1.54) is 4.90 Å². The molecular weight excluding hydrogens is 184 g/mol. The fourth-order valence-corrected chi connectivity index (χ4v) is 0.894. The minimum atomic E-state index is -0.509. The molecule has 0 atom stereocenters. The third kappa shape index (κ3) is 5.53. The highest BCUT2D eigenvalue weighted by Crippen LogP contribution is 1.93. The van der Waals surface area contributed by atoms with E-state index in [1.54, 1.807) is 6.92 Å². The summed E-state index contributed by atoms with van der Waals surface area (Å²) in [6.45, 7) is 5.89. The molecule has 0 unspecified atom stereocenters. The van der Waals surface area contributed by atoms with Gasteiger partial charge < -0.3 is 15.4 Å². The SMILES string of the molecule is CCN(CC(N)=O)C(=O)COC(C)C. The number of primary amides is 1. The molecule has 5 heteroatoms. The van der Waals surface area contributed by atoms with Crippen LogP contribution in [0.5, 0.6) is 0 Å². The maximum Gasteiger partial charge on any atom is 0.249 e. The summed E-state index contributed by atoms with van der Waals surface area (Å²) in [6.07, 6.45) is 0.00577. The van der Waals surface area contributed by atoms with Gasteiger partial charge >= 0.3 is 0 Å². The van der Waals surface area contributed by atoms with E-state index < -0.39 is 5.91 Å². The first-order valence-electron chi connectivity index (χ1n) is 4.65. The second-order valence-corrected chi connectivity index (χ2v) is 3.23. The number of nitrogens with zero attached hydrogens (tertiary/aromatic N) is 1. The van der Waals surface area contributed by atoms with Gasteiger partial charge in [-0.15, -0.1) is 0 Å². The number of ether oxygens (including phenoxy) is 1. The number of amides is 2. The summed E-state index contributed by atoms with van der Waals surface area (Å²) in [5.41, 5.74) is 4.99. The molecule has 0 saturated heterocycles. The molecule has 0 aliphatic heterocycles. The van der Waals surface area contributed by atoms with Crippen LogP contribution in [0, 0.1) is 0 Å². The molecule has 0 aliphatic carbocycles. The molecule has 0 fully saturated rings. The first-order chi connectivity index (χ1) is 6.47. The van der Waals surface area contributed by atoms with Crippen molar-refractivity contribution in [1.29, 1.82) is 0 Å². The predicted octanol–water partition coefficient (Wildman–Crippen LogP) is -0.255. The smallest absolute Gasteiger partial charge is 0.249 e. The summed E-state index contributed by atoms with van der Waals surface area (Å²) in [5, 5.41) is 0. The van der Waals surface area contributed by atoms with Crippen molar-refractivity contribution in [1.82, 2.24) is 4.90 Å². The van der Waals surface area contributed by atoms with E-state index in [1.807, 2.05) is 13.8 Å². The molecular formula is C9H18N2O3. The van der Waals surface area contributed by atoms with Gasteiger partial charge in [-0.2, -0.15) is 0 Å². The predicted molar refractivity (Wildman–Crippen MR) is 52.5 cm³/mol. The Balaban J connectivity index is 3.98. The zero-order chi connectivity index (χ0) is 11.1. The lowest BCUT2D eigenvalue weighted by molar-refractivity contribution is -0.140. The fraction of sp³-hybridized carbons (Fsp3) is 0.778. The monoisotopic (exact) mass is 202 g/mol. The van der Waals surface area contributed by atoms with Crippen molar-refractivity contribution in [2.75, 3.05) is 19.7 Å². The van der Waals surface area contributed by atoms with Gasteiger partial charge in [-0.25, -0.2) is 0 Å². The molecule has 0 aromatic heterocycles. The van der Waals surface area contributed by atoms with Gasteiger partial charge in [0, 0.05) is 6.54 Å². The summed E-state index contributed by atoms with van der Waals surface area (Å²) in [6, 6.07) is 0. The number of nitrogens with two attached hydrogens (primary N) is 1. The number of rotatable bonds is 6. The molecule has 0 bridgehead atoms. The molecule has 82 valence electrons. The van der Waals surface area contributed by atoms with Crippen molar-refractivity contribution in [2.45, 2.75) is 26.9 Å². The Morgan fingerprint density at radius 2 is 2.00 bits per heavy atom. The largest absolute Gasteiger partial charge is 0.369 e. The van der Waals surface area contributed by atoms with E-state index in [9.17, 15) is 9.59 Å². The summed E-state index contributed by atoms with van der Waals surface area (Å²) in [4.78, 5) is 23.4. The van der Waals surface area contributed by atoms with Gasteiger partial charge in [0.25, 0.3) is 0 Å². The minimum Gasteiger partial charge on any atom is -0.369 e. The van der Waals surface area contributed by atoms with Crippen molar-refractivity contribution in [2.24, 2.45) is 5.73 Å². The molecule has 0 aliphatic rings. The molecule has 0 radical (unpaired) electrons. The molecule has 0 heterocycles. The molecule has 0 saturated carbocycles. The van der Waals surface area contributed by atoms with Gasteiger partial charge in [0.1, 0.15) is 6.61 Å². The maximum absolute atomic E-state index is 11.4. The molecule has 0 rings (SSSR count). The fourth-order valence-electron chi connectivity index (χ4n) is 0.894. The Labute approximate surface area is 84.2 Å². The van der Waals surface area contributed by atoms with Crippen LogP contribution in [0.1, 0.15) is 20.8 Å². The third-order valence-corrected chi connectivity index (χ3v) is 1.62. The van der Waals surface area contributed by atoms with Crippen LogP contribution in [0.25, 0.3) is 0 Å². The number of hydrogen-bond acceptors (Lipinski definition) is 3. The summed E-state index contributed by atoms with van der Waals surface area (Å²) >= 11 is 0. The Kier molecular flexibility index (Phi) is 5.87. The molecule has 0 spiro atoms.